The van der Waals surface area contributed by atoms with Crippen molar-refractivity contribution in [2.75, 3.05) is 16.9 Å². The number of nitrogens with zero attached hydrogens (tertiary/aromatic N) is 4. The summed E-state index contributed by atoms with van der Waals surface area (Å²) in [6, 6.07) is 16.0. The van der Waals surface area contributed by atoms with Gasteiger partial charge in [-0.1, -0.05) is 47.1 Å². The van der Waals surface area contributed by atoms with Crippen LogP contribution in [0.1, 0.15) is 0 Å². The zero-order chi connectivity index (χ0) is 21.1. The third kappa shape index (κ3) is 4.59. The Morgan fingerprint density at radius 3 is 2.43 bits per heavy atom. The second kappa shape index (κ2) is 8.78. The van der Waals surface area contributed by atoms with Crippen molar-refractivity contribution in [2.24, 2.45) is 0 Å². The van der Waals surface area contributed by atoms with Crippen molar-refractivity contribution in [3.8, 4) is 22.8 Å². The number of anilines is 1. The van der Waals surface area contributed by atoms with Gasteiger partial charge in [-0.15, -0.1) is 10.2 Å². The van der Waals surface area contributed by atoms with Crippen LogP contribution in [0.25, 0.3) is 22.8 Å². The zero-order valence-electron chi connectivity index (χ0n) is 15.3. The Balaban J connectivity index is 1.42. The maximum absolute atomic E-state index is 12.2. The molecule has 0 fully saturated rings. The lowest BCUT2D eigenvalue weighted by Crippen LogP contribution is -2.16. The molecule has 0 aliphatic carbocycles. The molecule has 2 heterocycles. The van der Waals surface area contributed by atoms with E-state index >= 15 is 0 Å². The third-order valence-corrected chi connectivity index (χ3v) is 5.53. The van der Waals surface area contributed by atoms with E-state index in [9.17, 15) is 4.79 Å². The molecule has 0 radical (unpaired) electrons. The number of aromatic nitrogens is 5. The van der Waals surface area contributed by atoms with Gasteiger partial charge in [0.1, 0.15) is 5.69 Å². The van der Waals surface area contributed by atoms with Crippen LogP contribution in [0.2, 0.25) is 10.0 Å². The number of hydrogen-bond donors (Lipinski definition) is 3. The lowest BCUT2D eigenvalue weighted by Gasteiger charge is -2.05. The minimum Gasteiger partial charge on any atom is -0.335 e. The van der Waals surface area contributed by atoms with Crippen LogP contribution in [-0.2, 0) is 4.79 Å². The maximum atomic E-state index is 12.2. The van der Waals surface area contributed by atoms with Gasteiger partial charge in [-0.3, -0.25) is 9.89 Å². The number of rotatable bonds is 6. The molecule has 30 heavy (non-hydrogen) atoms. The summed E-state index contributed by atoms with van der Waals surface area (Å²) in [5, 5.41) is 19.8. The zero-order valence-corrected chi connectivity index (χ0v) is 17.7. The average Bonchev–Trinajstić information content (AvgIpc) is 3.35. The summed E-state index contributed by atoms with van der Waals surface area (Å²) in [5.41, 5.74) is 2.89. The Kier molecular flexibility index (Phi) is 5.93. The van der Waals surface area contributed by atoms with Crippen LogP contribution >= 0.6 is 35.0 Å². The van der Waals surface area contributed by atoms with Crippen LogP contribution < -0.4 is 11.2 Å². The number of carbonyl (C=O) groups is 1. The number of carbonyl (C=O) groups excluding carboxylic acids is 1. The molecule has 11 heteroatoms. The van der Waals surface area contributed by atoms with Gasteiger partial charge in [0.2, 0.25) is 16.9 Å². The highest BCUT2D eigenvalue weighted by molar-refractivity contribution is 7.99. The van der Waals surface area contributed by atoms with Crippen molar-refractivity contribution in [3.63, 3.8) is 0 Å². The van der Waals surface area contributed by atoms with E-state index in [0.717, 1.165) is 11.3 Å². The fourth-order valence-electron chi connectivity index (χ4n) is 2.62. The van der Waals surface area contributed by atoms with Crippen LogP contribution in [0.15, 0.2) is 59.8 Å². The van der Waals surface area contributed by atoms with E-state index in [2.05, 4.69) is 25.7 Å². The van der Waals surface area contributed by atoms with Gasteiger partial charge in [0.15, 0.2) is 0 Å². The molecule has 0 unspecified atom stereocenters. The Bertz CT molecular complexity index is 1170. The largest absolute Gasteiger partial charge is 0.335 e. The van der Waals surface area contributed by atoms with Crippen LogP contribution in [-0.4, -0.2) is 36.7 Å². The fraction of sp³-hybridized carbons (Fsp3) is 0.0526. The highest BCUT2D eigenvalue weighted by atomic mass is 35.5. The molecule has 2 aromatic carbocycles. The first-order valence-corrected chi connectivity index (χ1v) is 10.4. The van der Waals surface area contributed by atoms with Gasteiger partial charge in [-0.05, 0) is 42.5 Å². The predicted octanol–water partition coefficient (Wildman–Crippen LogP) is 4.09. The van der Waals surface area contributed by atoms with Crippen molar-refractivity contribution in [3.05, 3.63) is 64.6 Å². The Morgan fingerprint density at radius 1 is 1.07 bits per heavy atom. The molecule has 0 saturated carbocycles. The SMILES string of the molecule is Nn1c(SCC(=O)Nc2ccc(Cl)cc2)nnc1-c1cc(-c2ccc(Cl)cc2)n[nH]1. The molecule has 152 valence electrons. The lowest BCUT2D eigenvalue weighted by molar-refractivity contribution is -0.113. The monoisotopic (exact) mass is 459 g/mol. The van der Waals surface area contributed by atoms with E-state index in [1.54, 1.807) is 36.4 Å². The summed E-state index contributed by atoms with van der Waals surface area (Å²) in [4.78, 5) is 12.2. The van der Waals surface area contributed by atoms with Crippen LogP contribution in [0.4, 0.5) is 5.69 Å². The number of aromatic amines is 1. The van der Waals surface area contributed by atoms with Crippen molar-refractivity contribution in [2.45, 2.75) is 5.16 Å². The minimum absolute atomic E-state index is 0.122. The molecule has 0 aliphatic heterocycles. The molecule has 0 bridgehead atoms. The Morgan fingerprint density at radius 2 is 1.73 bits per heavy atom. The molecular weight excluding hydrogens is 445 g/mol. The topological polar surface area (TPSA) is 115 Å². The Hall–Kier alpha value is -3.01. The number of nitrogens with one attached hydrogen (secondary N) is 2. The number of amides is 1. The van der Waals surface area contributed by atoms with Gasteiger partial charge < -0.3 is 11.2 Å². The van der Waals surface area contributed by atoms with Crippen LogP contribution in [0, 0.1) is 0 Å². The number of nitrogens with two attached hydrogens (primary N) is 1. The van der Waals surface area contributed by atoms with Crippen LogP contribution in [0.3, 0.4) is 0 Å². The summed E-state index contributed by atoms with van der Waals surface area (Å²) in [5.74, 6) is 6.45. The second-order valence-electron chi connectivity index (χ2n) is 6.19. The second-order valence-corrected chi connectivity index (χ2v) is 8.01. The summed E-state index contributed by atoms with van der Waals surface area (Å²) in [6.45, 7) is 0. The molecule has 1 amide bonds. The van der Waals surface area contributed by atoms with Gasteiger partial charge >= 0.3 is 0 Å². The molecule has 2 aromatic heterocycles. The van der Waals surface area contributed by atoms with Crippen molar-refractivity contribution in [1.82, 2.24) is 25.1 Å². The molecule has 4 rings (SSSR count). The average molecular weight is 460 g/mol. The van der Waals surface area contributed by atoms with E-state index in [-0.39, 0.29) is 11.7 Å². The fourth-order valence-corrected chi connectivity index (χ4v) is 3.53. The normalized spacial score (nSPS) is 10.9. The third-order valence-electron chi connectivity index (χ3n) is 4.08. The standard InChI is InChI=1S/C19H15Cl2N7OS/c20-12-3-1-11(2-4-12)15-9-16(25-24-15)18-26-27-19(28(18)22)30-10-17(29)23-14-7-5-13(21)6-8-14/h1-9H,10,22H2,(H,23,29)(H,24,25). The molecule has 4 aromatic rings. The van der Waals surface area contributed by atoms with Crippen molar-refractivity contribution in [1.29, 1.82) is 0 Å². The first-order chi connectivity index (χ1) is 14.5. The molecular formula is C19H15Cl2N7OS. The number of halogens is 2. The van der Waals surface area contributed by atoms with E-state index in [4.69, 9.17) is 29.0 Å². The quantitative estimate of drug-likeness (QED) is 0.295. The van der Waals surface area contributed by atoms with Gasteiger partial charge in [0.25, 0.3) is 0 Å². The maximum Gasteiger partial charge on any atom is 0.234 e. The predicted molar refractivity (Wildman–Crippen MR) is 119 cm³/mol. The van der Waals surface area contributed by atoms with Crippen molar-refractivity contribution >= 4 is 46.6 Å². The van der Waals surface area contributed by atoms with Gasteiger partial charge in [0.05, 0.1) is 11.4 Å². The van der Waals surface area contributed by atoms with E-state index in [1.165, 1.54) is 16.4 Å². The van der Waals surface area contributed by atoms with Crippen molar-refractivity contribution < 1.29 is 4.79 Å². The lowest BCUT2D eigenvalue weighted by atomic mass is 10.1. The molecule has 0 saturated heterocycles. The van der Waals surface area contributed by atoms with E-state index in [1.807, 2.05) is 18.2 Å². The van der Waals surface area contributed by atoms with Crippen LogP contribution in [0.5, 0.6) is 0 Å². The minimum atomic E-state index is -0.196. The first kappa shape index (κ1) is 20.3. The van der Waals surface area contributed by atoms with Gasteiger partial charge in [-0.25, -0.2) is 4.68 Å². The number of thioether (sulfide) groups is 1. The van der Waals surface area contributed by atoms with E-state index < -0.39 is 0 Å². The molecule has 0 spiro atoms. The highest BCUT2D eigenvalue weighted by Gasteiger charge is 2.16. The van der Waals surface area contributed by atoms with Gasteiger partial charge in [0, 0.05) is 21.3 Å². The first-order valence-electron chi connectivity index (χ1n) is 8.70. The molecule has 4 N–H and O–H groups in total. The Labute approximate surface area is 185 Å². The smallest absolute Gasteiger partial charge is 0.234 e. The summed E-state index contributed by atoms with van der Waals surface area (Å²) in [7, 11) is 0. The summed E-state index contributed by atoms with van der Waals surface area (Å²) >= 11 is 12.9. The molecule has 0 aliphatic rings. The number of nitrogen functional groups attached to an aromatic ring is 1. The number of H-pyrrole nitrogens is 1. The van der Waals surface area contributed by atoms with Gasteiger partial charge in [-0.2, -0.15) is 5.10 Å². The number of hydrogen-bond acceptors (Lipinski definition) is 6. The summed E-state index contributed by atoms with van der Waals surface area (Å²) < 4.78 is 1.32. The summed E-state index contributed by atoms with van der Waals surface area (Å²) in [6.07, 6.45) is 0. The molecule has 0 atom stereocenters. The van der Waals surface area contributed by atoms with E-state index in [0.29, 0.717) is 32.4 Å². The number of benzene rings is 2. The molecule has 8 nitrogen and oxygen atoms in total. The highest BCUT2D eigenvalue weighted by Crippen LogP contribution is 2.25.